The van der Waals surface area contributed by atoms with Crippen molar-refractivity contribution in [2.24, 2.45) is 0 Å². The van der Waals surface area contributed by atoms with Gasteiger partial charge in [-0.25, -0.2) is 9.97 Å². The van der Waals surface area contributed by atoms with E-state index in [0.29, 0.717) is 17.1 Å². The van der Waals surface area contributed by atoms with Gasteiger partial charge in [-0.1, -0.05) is 24.3 Å². The second-order valence-electron chi connectivity index (χ2n) is 5.75. The van der Waals surface area contributed by atoms with Crippen molar-refractivity contribution in [1.82, 2.24) is 9.97 Å². The highest BCUT2D eigenvalue weighted by Crippen LogP contribution is 2.20. The first-order valence-corrected chi connectivity index (χ1v) is 7.94. The molecule has 7 nitrogen and oxygen atoms in total. The number of nitrogens with zero attached hydrogens (tertiary/aromatic N) is 3. The van der Waals surface area contributed by atoms with Gasteiger partial charge in [-0.15, -0.1) is 0 Å². The van der Waals surface area contributed by atoms with Gasteiger partial charge in [0.05, 0.1) is 11.3 Å². The molecule has 1 heterocycles. The maximum atomic E-state index is 12.2. The minimum atomic E-state index is -0.470. The Hall–Kier alpha value is -3.61. The zero-order valence-corrected chi connectivity index (χ0v) is 14.0. The number of anilines is 1. The molecule has 130 valence electrons. The second-order valence-corrected chi connectivity index (χ2v) is 5.75. The molecule has 0 aliphatic rings. The minimum absolute atomic E-state index is 0.0000129. The summed E-state index contributed by atoms with van der Waals surface area (Å²) in [5, 5.41) is 13.5. The molecule has 0 spiro atoms. The summed E-state index contributed by atoms with van der Waals surface area (Å²) in [6.07, 6.45) is 1.82. The molecule has 0 aliphatic heterocycles. The molecule has 26 heavy (non-hydrogen) atoms. The number of aryl methyl sites for hydroxylation is 1. The third-order valence-electron chi connectivity index (χ3n) is 3.71. The van der Waals surface area contributed by atoms with Crippen LogP contribution < -0.4 is 5.32 Å². The van der Waals surface area contributed by atoms with E-state index in [4.69, 9.17) is 0 Å². The van der Waals surface area contributed by atoms with Crippen molar-refractivity contribution in [3.05, 3.63) is 82.2 Å². The minimum Gasteiger partial charge on any atom is -0.326 e. The third kappa shape index (κ3) is 4.27. The molecule has 0 saturated carbocycles. The van der Waals surface area contributed by atoms with E-state index in [1.54, 1.807) is 24.4 Å². The summed E-state index contributed by atoms with van der Waals surface area (Å²) in [7, 11) is 0. The molecular weight excluding hydrogens is 332 g/mol. The fourth-order valence-electron chi connectivity index (χ4n) is 2.45. The Bertz CT molecular complexity index is 955. The fraction of sp³-hybridized carbons (Fsp3) is 0.105. The molecule has 0 radical (unpaired) electrons. The summed E-state index contributed by atoms with van der Waals surface area (Å²) in [5.74, 6) is 0.387. The fourth-order valence-corrected chi connectivity index (χ4v) is 2.45. The summed E-state index contributed by atoms with van der Waals surface area (Å²) in [6.45, 7) is 1.89. The van der Waals surface area contributed by atoms with Gasteiger partial charge >= 0.3 is 0 Å². The van der Waals surface area contributed by atoms with Gasteiger partial charge < -0.3 is 5.32 Å². The molecule has 3 aromatic rings. The summed E-state index contributed by atoms with van der Waals surface area (Å²) in [6, 6.07) is 15.0. The summed E-state index contributed by atoms with van der Waals surface area (Å²) in [5.41, 5.74) is 3.01. The topological polar surface area (TPSA) is 98.0 Å². The van der Waals surface area contributed by atoms with Crippen LogP contribution in [0.25, 0.3) is 11.4 Å². The van der Waals surface area contributed by atoms with Crippen LogP contribution in [0.4, 0.5) is 11.4 Å². The number of hydrogen-bond acceptors (Lipinski definition) is 5. The van der Waals surface area contributed by atoms with Crippen molar-refractivity contribution in [3.63, 3.8) is 0 Å². The molecule has 0 aliphatic carbocycles. The SMILES string of the molecule is Cc1ccnc(-c2cccc(NC(=O)Cc3ccc([N+](=O)[O-])cc3)c2)n1. The maximum absolute atomic E-state index is 12.2. The Labute approximate surface area is 149 Å². The molecular formula is C19H16N4O3. The first-order valence-electron chi connectivity index (χ1n) is 7.94. The van der Waals surface area contributed by atoms with Crippen molar-refractivity contribution in [1.29, 1.82) is 0 Å². The zero-order chi connectivity index (χ0) is 18.5. The second kappa shape index (κ2) is 7.52. The highest BCUT2D eigenvalue weighted by atomic mass is 16.6. The van der Waals surface area contributed by atoms with Crippen LogP contribution in [-0.2, 0) is 11.2 Å². The smallest absolute Gasteiger partial charge is 0.269 e. The quantitative estimate of drug-likeness (QED) is 0.562. The molecule has 1 aromatic heterocycles. The Kier molecular flexibility index (Phi) is 4.98. The van der Waals surface area contributed by atoms with Crippen LogP contribution in [0.3, 0.4) is 0 Å². The Balaban J connectivity index is 1.69. The van der Waals surface area contributed by atoms with Crippen molar-refractivity contribution in [2.75, 3.05) is 5.32 Å². The number of benzene rings is 2. The number of hydrogen-bond donors (Lipinski definition) is 1. The Morgan fingerprint density at radius 3 is 2.62 bits per heavy atom. The van der Waals surface area contributed by atoms with Crippen molar-refractivity contribution in [2.45, 2.75) is 13.3 Å². The van der Waals surface area contributed by atoms with E-state index in [2.05, 4.69) is 15.3 Å². The van der Waals surface area contributed by atoms with E-state index in [0.717, 1.165) is 11.3 Å². The number of amides is 1. The Morgan fingerprint density at radius 1 is 1.15 bits per heavy atom. The average Bonchev–Trinajstić information content (AvgIpc) is 2.62. The number of nitro groups is 1. The predicted octanol–water partition coefficient (Wildman–Crippen LogP) is 3.54. The molecule has 1 N–H and O–H groups in total. The summed E-state index contributed by atoms with van der Waals surface area (Å²) >= 11 is 0. The lowest BCUT2D eigenvalue weighted by molar-refractivity contribution is -0.384. The number of non-ortho nitro benzene ring substituents is 1. The van der Waals surface area contributed by atoms with E-state index in [-0.39, 0.29) is 18.0 Å². The van der Waals surface area contributed by atoms with Crippen LogP contribution in [0.1, 0.15) is 11.3 Å². The van der Waals surface area contributed by atoms with Gasteiger partial charge in [-0.2, -0.15) is 0 Å². The largest absolute Gasteiger partial charge is 0.326 e. The van der Waals surface area contributed by atoms with E-state index >= 15 is 0 Å². The molecule has 2 aromatic carbocycles. The lowest BCUT2D eigenvalue weighted by Crippen LogP contribution is -2.14. The first-order chi connectivity index (χ1) is 12.5. The lowest BCUT2D eigenvalue weighted by Gasteiger charge is -2.07. The maximum Gasteiger partial charge on any atom is 0.269 e. The molecule has 1 amide bonds. The predicted molar refractivity (Wildman–Crippen MR) is 97.6 cm³/mol. The molecule has 0 unspecified atom stereocenters. The van der Waals surface area contributed by atoms with Crippen LogP contribution >= 0.6 is 0 Å². The van der Waals surface area contributed by atoms with Gasteiger partial charge in [-0.3, -0.25) is 14.9 Å². The average molecular weight is 348 g/mol. The van der Waals surface area contributed by atoms with Crippen LogP contribution in [0.5, 0.6) is 0 Å². The number of carbonyl (C=O) groups excluding carboxylic acids is 1. The molecule has 0 fully saturated rings. The Morgan fingerprint density at radius 2 is 1.92 bits per heavy atom. The van der Waals surface area contributed by atoms with E-state index in [1.165, 1.54) is 12.1 Å². The number of carbonyl (C=O) groups is 1. The van der Waals surface area contributed by atoms with E-state index in [1.807, 2.05) is 31.2 Å². The summed E-state index contributed by atoms with van der Waals surface area (Å²) < 4.78 is 0. The van der Waals surface area contributed by atoms with E-state index < -0.39 is 4.92 Å². The van der Waals surface area contributed by atoms with Crippen molar-refractivity contribution in [3.8, 4) is 11.4 Å². The van der Waals surface area contributed by atoms with Crippen molar-refractivity contribution >= 4 is 17.3 Å². The van der Waals surface area contributed by atoms with Crippen LogP contribution in [0.2, 0.25) is 0 Å². The van der Waals surface area contributed by atoms with Gasteiger partial charge in [0.15, 0.2) is 5.82 Å². The van der Waals surface area contributed by atoms with Gasteiger partial charge in [0.2, 0.25) is 5.91 Å². The molecule has 0 bridgehead atoms. The molecule has 0 atom stereocenters. The van der Waals surface area contributed by atoms with E-state index in [9.17, 15) is 14.9 Å². The van der Waals surface area contributed by atoms with Crippen LogP contribution in [0.15, 0.2) is 60.8 Å². The van der Waals surface area contributed by atoms with Crippen LogP contribution in [0, 0.1) is 17.0 Å². The summed E-state index contributed by atoms with van der Waals surface area (Å²) in [4.78, 5) is 31.0. The lowest BCUT2D eigenvalue weighted by atomic mass is 10.1. The van der Waals surface area contributed by atoms with Gasteiger partial charge in [0.1, 0.15) is 0 Å². The number of nitro benzene ring substituents is 1. The van der Waals surface area contributed by atoms with Gasteiger partial charge in [0.25, 0.3) is 5.69 Å². The standard InChI is InChI=1S/C19H16N4O3/c1-13-9-10-20-19(21-13)15-3-2-4-16(12-15)22-18(24)11-14-5-7-17(8-6-14)23(25)26/h2-10,12H,11H2,1H3,(H,22,24). The number of nitrogens with one attached hydrogen (secondary N) is 1. The highest BCUT2D eigenvalue weighted by molar-refractivity contribution is 5.92. The van der Waals surface area contributed by atoms with Crippen molar-refractivity contribution < 1.29 is 9.72 Å². The van der Waals surface area contributed by atoms with Crippen LogP contribution in [-0.4, -0.2) is 20.8 Å². The van der Waals surface area contributed by atoms with Gasteiger partial charge in [-0.05, 0) is 30.7 Å². The molecule has 7 heteroatoms. The third-order valence-corrected chi connectivity index (χ3v) is 3.71. The first kappa shape index (κ1) is 17.2. The highest BCUT2D eigenvalue weighted by Gasteiger charge is 2.09. The molecule has 3 rings (SSSR count). The normalized spacial score (nSPS) is 10.3. The molecule has 0 saturated heterocycles. The number of aromatic nitrogens is 2. The number of rotatable bonds is 5. The monoisotopic (exact) mass is 348 g/mol. The van der Waals surface area contributed by atoms with Gasteiger partial charge in [0, 0.05) is 35.3 Å². The zero-order valence-electron chi connectivity index (χ0n) is 14.0.